The van der Waals surface area contributed by atoms with Crippen LogP contribution in [0.1, 0.15) is 28.5 Å². The van der Waals surface area contributed by atoms with Gasteiger partial charge in [0, 0.05) is 28.4 Å². The van der Waals surface area contributed by atoms with Crippen LogP contribution in [0.25, 0.3) is 21.7 Å². The topological polar surface area (TPSA) is 90.3 Å². The molecule has 5 aromatic rings. The van der Waals surface area contributed by atoms with Crippen molar-refractivity contribution in [2.75, 3.05) is 6.61 Å². The first-order valence-electron chi connectivity index (χ1n) is 10.9. The highest BCUT2D eigenvalue weighted by Crippen LogP contribution is 2.32. The Morgan fingerprint density at radius 3 is 2.65 bits per heavy atom. The molecule has 0 bridgehead atoms. The molecule has 6 nitrogen and oxygen atoms in total. The molecular formula is C27H23N3O3S. The maximum Gasteiger partial charge on any atom is 0.354 e. The van der Waals surface area contributed by atoms with Crippen LogP contribution in [0.3, 0.4) is 0 Å². The smallest absolute Gasteiger partial charge is 0.354 e. The van der Waals surface area contributed by atoms with Gasteiger partial charge in [0.2, 0.25) is 0 Å². The quantitative estimate of drug-likeness (QED) is 0.170. The van der Waals surface area contributed by atoms with Gasteiger partial charge >= 0.3 is 5.97 Å². The molecule has 0 spiro atoms. The zero-order valence-corrected chi connectivity index (χ0v) is 19.4. The number of fused-ring (bicyclic) bond motifs is 2. The second kappa shape index (κ2) is 9.03. The van der Waals surface area contributed by atoms with Gasteiger partial charge in [-0.2, -0.15) is 0 Å². The van der Waals surface area contributed by atoms with Gasteiger partial charge in [0.05, 0.1) is 6.61 Å². The third kappa shape index (κ3) is 4.13. The SMILES string of the molecule is CCOC(=O)c1cc2ccc(C(=N)N)cc2n1Cc1cc(Oc2ccsc2)cc2ccccc12. The van der Waals surface area contributed by atoms with Crippen molar-refractivity contribution < 1.29 is 14.3 Å². The highest BCUT2D eigenvalue weighted by molar-refractivity contribution is 7.08. The molecule has 0 unspecified atom stereocenters. The second-order valence-corrected chi connectivity index (χ2v) is 8.67. The van der Waals surface area contributed by atoms with E-state index in [4.69, 9.17) is 20.6 Å². The van der Waals surface area contributed by atoms with Gasteiger partial charge in [0.25, 0.3) is 0 Å². The van der Waals surface area contributed by atoms with Crippen LogP contribution in [0.5, 0.6) is 11.5 Å². The summed E-state index contributed by atoms with van der Waals surface area (Å²) in [6.45, 7) is 2.49. The lowest BCUT2D eigenvalue weighted by Crippen LogP contribution is -2.14. The fourth-order valence-corrected chi connectivity index (χ4v) is 4.68. The number of amidine groups is 1. The number of benzene rings is 3. The Morgan fingerprint density at radius 2 is 1.88 bits per heavy atom. The van der Waals surface area contributed by atoms with Crippen LogP contribution in [-0.4, -0.2) is 23.0 Å². The summed E-state index contributed by atoms with van der Waals surface area (Å²) in [6.07, 6.45) is 0. The van der Waals surface area contributed by atoms with Crippen LogP contribution in [0.4, 0.5) is 0 Å². The molecule has 2 aromatic heterocycles. The largest absolute Gasteiger partial charge is 0.461 e. The van der Waals surface area contributed by atoms with E-state index in [0.717, 1.165) is 38.7 Å². The molecule has 0 radical (unpaired) electrons. The average molecular weight is 470 g/mol. The molecule has 7 heteroatoms. The van der Waals surface area contributed by atoms with E-state index in [9.17, 15) is 4.79 Å². The third-order valence-electron chi connectivity index (χ3n) is 5.68. The van der Waals surface area contributed by atoms with Gasteiger partial charge in [-0.25, -0.2) is 4.79 Å². The number of hydrogen-bond acceptors (Lipinski definition) is 5. The van der Waals surface area contributed by atoms with E-state index in [1.807, 2.05) is 69.9 Å². The molecule has 3 aromatic carbocycles. The molecule has 34 heavy (non-hydrogen) atoms. The highest BCUT2D eigenvalue weighted by atomic mass is 32.1. The fourth-order valence-electron chi connectivity index (χ4n) is 4.13. The number of nitrogens with zero attached hydrogens (tertiary/aromatic N) is 1. The molecule has 170 valence electrons. The molecule has 0 aliphatic rings. The van der Waals surface area contributed by atoms with E-state index in [0.29, 0.717) is 17.8 Å². The van der Waals surface area contributed by atoms with Gasteiger partial charge in [-0.15, -0.1) is 11.3 Å². The van der Waals surface area contributed by atoms with Crippen LogP contribution in [0, 0.1) is 5.41 Å². The Morgan fingerprint density at radius 1 is 1.03 bits per heavy atom. The van der Waals surface area contributed by atoms with Gasteiger partial charge in [-0.3, -0.25) is 5.41 Å². The highest BCUT2D eigenvalue weighted by Gasteiger charge is 2.19. The Balaban J connectivity index is 1.67. The van der Waals surface area contributed by atoms with Crippen molar-refractivity contribution in [3.63, 3.8) is 0 Å². The molecule has 5 rings (SSSR count). The normalized spacial score (nSPS) is 11.1. The monoisotopic (exact) mass is 469 g/mol. The molecule has 3 N–H and O–H groups in total. The first kappa shape index (κ1) is 21.7. The lowest BCUT2D eigenvalue weighted by atomic mass is 10.0. The first-order valence-corrected chi connectivity index (χ1v) is 11.8. The molecule has 0 atom stereocenters. The summed E-state index contributed by atoms with van der Waals surface area (Å²) in [4.78, 5) is 12.9. The van der Waals surface area contributed by atoms with Crippen molar-refractivity contribution in [1.29, 1.82) is 5.41 Å². The fraction of sp³-hybridized carbons (Fsp3) is 0.111. The zero-order valence-electron chi connectivity index (χ0n) is 18.6. The van der Waals surface area contributed by atoms with Gasteiger partial charge in [0.15, 0.2) is 0 Å². The standard InChI is InChI=1S/C27H23N3O3S/c1-2-32-27(31)25-13-18-7-8-19(26(28)29)14-24(18)30(25)15-20-12-22(33-21-9-10-34-16-21)11-17-5-3-4-6-23(17)20/h3-14,16H,2,15H2,1H3,(H3,28,29). The molecular weight excluding hydrogens is 446 g/mol. The molecule has 0 aliphatic carbocycles. The molecule has 0 aliphatic heterocycles. The third-order valence-corrected chi connectivity index (χ3v) is 6.34. The number of ether oxygens (including phenoxy) is 2. The Bertz CT molecular complexity index is 1520. The van der Waals surface area contributed by atoms with Crippen molar-refractivity contribution in [2.45, 2.75) is 13.5 Å². The molecule has 0 saturated heterocycles. The number of esters is 1. The summed E-state index contributed by atoms with van der Waals surface area (Å²) in [5.74, 6) is 1.10. The van der Waals surface area contributed by atoms with E-state index in [1.165, 1.54) is 0 Å². The van der Waals surface area contributed by atoms with Crippen molar-refractivity contribution in [2.24, 2.45) is 5.73 Å². The van der Waals surface area contributed by atoms with Crippen LogP contribution < -0.4 is 10.5 Å². The molecule has 0 saturated carbocycles. The van der Waals surface area contributed by atoms with E-state index in [1.54, 1.807) is 24.3 Å². The lowest BCUT2D eigenvalue weighted by Gasteiger charge is -2.15. The van der Waals surface area contributed by atoms with Crippen LogP contribution in [0.2, 0.25) is 0 Å². The zero-order chi connectivity index (χ0) is 23.7. The van der Waals surface area contributed by atoms with E-state index < -0.39 is 5.97 Å². The van der Waals surface area contributed by atoms with Crippen LogP contribution in [0.15, 0.2) is 77.5 Å². The summed E-state index contributed by atoms with van der Waals surface area (Å²) in [5.41, 5.74) is 8.60. The molecule has 2 heterocycles. The average Bonchev–Trinajstić information content (AvgIpc) is 3.47. The minimum atomic E-state index is -0.391. The summed E-state index contributed by atoms with van der Waals surface area (Å²) in [7, 11) is 0. The number of nitrogen functional groups attached to an aromatic ring is 1. The van der Waals surface area contributed by atoms with Crippen molar-refractivity contribution in [1.82, 2.24) is 4.57 Å². The van der Waals surface area contributed by atoms with Gasteiger partial charge in [-0.1, -0.05) is 36.4 Å². The number of hydrogen-bond donors (Lipinski definition) is 2. The van der Waals surface area contributed by atoms with Crippen molar-refractivity contribution in [3.05, 3.63) is 94.3 Å². The van der Waals surface area contributed by atoms with Gasteiger partial charge in [-0.05, 0) is 59.0 Å². The first-order chi connectivity index (χ1) is 16.5. The van der Waals surface area contributed by atoms with Crippen LogP contribution >= 0.6 is 11.3 Å². The minimum Gasteiger partial charge on any atom is -0.461 e. The summed E-state index contributed by atoms with van der Waals surface area (Å²) < 4.78 is 13.4. The maximum absolute atomic E-state index is 12.9. The van der Waals surface area contributed by atoms with Gasteiger partial charge in [0.1, 0.15) is 23.0 Å². The summed E-state index contributed by atoms with van der Waals surface area (Å²) in [6, 6.07) is 21.4. The number of carbonyl (C=O) groups is 1. The van der Waals surface area contributed by atoms with E-state index >= 15 is 0 Å². The van der Waals surface area contributed by atoms with Crippen LogP contribution in [-0.2, 0) is 11.3 Å². The lowest BCUT2D eigenvalue weighted by molar-refractivity contribution is 0.0515. The minimum absolute atomic E-state index is 0.0241. The molecule has 0 fully saturated rings. The number of nitrogens with two attached hydrogens (primary N) is 1. The number of aromatic nitrogens is 1. The number of nitrogens with one attached hydrogen (secondary N) is 1. The predicted molar refractivity (Wildman–Crippen MR) is 136 cm³/mol. The Kier molecular flexibility index (Phi) is 5.77. The predicted octanol–water partition coefficient (Wildman–Crippen LogP) is 6.16. The Labute approximate surface area is 200 Å². The van der Waals surface area contributed by atoms with Crippen molar-refractivity contribution >= 4 is 44.8 Å². The second-order valence-electron chi connectivity index (χ2n) is 7.89. The number of rotatable bonds is 7. The molecule has 0 amide bonds. The van der Waals surface area contributed by atoms with E-state index in [2.05, 4.69) is 6.07 Å². The number of thiophene rings is 1. The maximum atomic E-state index is 12.9. The summed E-state index contributed by atoms with van der Waals surface area (Å²) >= 11 is 1.58. The van der Waals surface area contributed by atoms with E-state index in [-0.39, 0.29) is 12.4 Å². The summed E-state index contributed by atoms with van der Waals surface area (Å²) in [5, 5.41) is 14.8. The Hall–Kier alpha value is -4.10. The number of carbonyl (C=O) groups excluding carboxylic acids is 1. The van der Waals surface area contributed by atoms with Crippen molar-refractivity contribution in [3.8, 4) is 11.5 Å². The van der Waals surface area contributed by atoms with Gasteiger partial charge < -0.3 is 19.8 Å².